The molecule has 8 heavy (non-hydrogen) atoms. The Morgan fingerprint density at radius 2 is 2.50 bits per heavy atom. The highest BCUT2D eigenvalue weighted by Gasteiger charge is 1.97. The van der Waals surface area contributed by atoms with E-state index in [9.17, 15) is 4.79 Å². The maximum absolute atomic E-state index is 10.1. The Labute approximate surface area is 49.6 Å². The van der Waals surface area contributed by atoms with Crippen LogP contribution in [0.25, 0.3) is 0 Å². The smallest absolute Gasteiger partial charge is 0.303 e. The van der Waals surface area contributed by atoms with Crippen molar-refractivity contribution in [2.24, 2.45) is 0 Å². The Balaban J connectivity index is 3.43. The van der Waals surface area contributed by atoms with Crippen LogP contribution in [0.15, 0.2) is 0 Å². The number of esters is 1. The first-order valence-corrected chi connectivity index (χ1v) is 2.30. The molecule has 0 radical (unpaired) electrons. The molecule has 0 aromatic carbocycles. The molecule has 0 amide bonds. The van der Waals surface area contributed by atoms with Crippen molar-refractivity contribution in [3.05, 3.63) is 0 Å². The van der Waals surface area contributed by atoms with Gasteiger partial charge < -0.3 is 4.74 Å². The zero-order chi connectivity index (χ0) is 6.57. The molecule has 42 valence electrons. The molecule has 0 aliphatic rings. The maximum Gasteiger partial charge on any atom is 0.303 e. The lowest BCUT2D eigenvalue weighted by atomic mass is 10.0. The van der Waals surface area contributed by atoms with Crippen LogP contribution in [0, 0.1) is 12.3 Å². The number of ether oxygens (including phenoxy) is 1. The summed E-state index contributed by atoms with van der Waals surface area (Å²) in [6.45, 7) is 1.33. The average Bonchev–Trinajstić information content (AvgIpc) is 1.65. The summed E-state index contributed by atoms with van der Waals surface area (Å²) in [5.74, 6) is 1.92. The standard InChI is InChI=1S/C5H7BO2/c1-3-5(6)8-4(2)7/h1,5H,6H2,2H3. The molecule has 0 aliphatic heterocycles. The third kappa shape index (κ3) is 3.29. The van der Waals surface area contributed by atoms with E-state index in [-0.39, 0.29) is 5.97 Å². The van der Waals surface area contributed by atoms with Crippen LogP contribution in [0.3, 0.4) is 0 Å². The van der Waals surface area contributed by atoms with Gasteiger partial charge in [-0.2, -0.15) is 0 Å². The number of hydrogen-bond donors (Lipinski definition) is 0. The molecule has 0 N–H and O–H groups in total. The lowest BCUT2D eigenvalue weighted by molar-refractivity contribution is -0.140. The Bertz CT molecular complexity index is 125. The Morgan fingerprint density at radius 3 is 2.62 bits per heavy atom. The van der Waals surface area contributed by atoms with Gasteiger partial charge in [0.25, 0.3) is 0 Å². The van der Waals surface area contributed by atoms with Gasteiger partial charge in [0.2, 0.25) is 0 Å². The molecular formula is C5H7BO2. The largest absolute Gasteiger partial charge is 0.460 e. The number of carbonyl (C=O) groups excluding carboxylic acids is 1. The van der Waals surface area contributed by atoms with Crippen LogP contribution in [0.2, 0.25) is 0 Å². The minimum atomic E-state index is -0.396. The van der Waals surface area contributed by atoms with Crippen molar-refractivity contribution in [1.82, 2.24) is 0 Å². The van der Waals surface area contributed by atoms with Crippen LogP contribution < -0.4 is 0 Å². The van der Waals surface area contributed by atoms with Gasteiger partial charge in [0.15, 0.2) is 7.85 Å². The highest BCUT2D eigenvalue weighted by molar-refractivity contribution is 6.13. The summed E-state index contributed by atoms with van der Waals surface area (Å²) < 4.78 is 4.52. The van der Waals surface area contributed by atoms with E-state index in [1.165, 1.54) is 6.92 Å². The first-order valence-electron chi connectivity index (χ1n) is 2.30. The molecular weight excluding hydrogens is 103 g/mol. The SMILES string of the molecule is BC(C#C)OC(C)=O. The van der Waals surface area contributed by atoms with Crippen molar-refractivity contribution in [1.29, 1.82) is 0 Å². The second kappa shape index (κ2) is 3.14. The van der Waals surface area contributed by atoms with Crippen LogP contribution in [0.1, 0.15) is 6.92 Å². The van der Waals surface area contributed by atoms with Crippen molar-refractivity contribution in [2.45, 2.75) is 12.9 Å². The van der Waals surface area contributed by atoms with E-state index in [4.69, 9.17) is 6.42 Å². The van der Waals surface area contributed by atoms with Gasteiger partial charge in [-0.15, -0.1) is 6.42 Å². The molecule has 0 aliphatic carbocycles. The van der Waals surface area contributed by atoms with E-state index in [0.717, 1.165) is 0 Å². The number of hydrogen-bond acceptors (Lipinski definition) is 2. The van der Waals surface area contributed by atoms with E-state index in [2.05, 4.69) is 10.7 Å². The van der Waals surface area contributed by atoms with Gasteiger partial charge in [-0.3, -0.25) is 4.79 Å². The Morgan fingerprint density at radius 1 is 2.00 bits per heavy atom. The molecule has 1 atom stereocenters. The van der Waals surface area contributed by atoms with Gasteiger partial charge in [0, 0.05) is 6.92 Å². The Kier molecular flexibility index (Phi) is 2.79. The summed E-state index contributed by atoms with van der Waals surface area (Å²) in [4.78, 5) is 10.1. The first kappa shape index (κ1) is 7.09. The number of carbonyl (C=O) groups is 1. The maximum atomic E-state index is 10.1. The van der Waals surface area contributed by atoms with Gasteiger partial charge in [-0.05, 0) is 0 Å². The fourth-order valence-electron chi connectivity index (χ4n) is 0.283. The second-order valence-electron chi connectivity index (χ2n) is 1.42. The van der Waals surface area contributed by atoms with Crippen molar-refractivity contribution in [3.63, 3.8) is 0 Å². The minimum absolute atomic E-state index is 0.338. The molecule has 0 saturated carbocycles. The number of rotatable bonds is 1. The van der Waals surface area contributed by atoms with Gasteiger partial charge in [-0.25, -0.2) is 0 Å². The molecule has 0 aromatic rings. The minimum Gasteiger partial charge on any atom is -0.460 e. The normalized spacial score (nSPS) is 11.5. The quantitative estimate of drug-likeness (QED) is 0.249. The van der Waals surface area contributed by atoms with E-state index in [0.29, 0.717) is 0 Å². The van der Waals surface area contributed by atoms with Crippen LogP contribution in [-0.2, 0) is 9.53 Å². The molecule has 0 heterocycles. The summed E-state index contributed by atoms with van der Waals surface area (Å²) in [6.07, 6.45) is 4.89. The highest BCUT2D eigenvalue weighted by Crippen LogP contribution is 1.81. The molecule has 2 nitrogen and oxygen atoms in total. The van der Waals surface area contributed by atoms with E-state index < -0.39 is 6.00 Å². The zero-order valence-electron chi connectivity index (χ0n) is 4.97. The molecule has 0 rings (SSSR count). The van der Waals surface area contributed by atoms with Gasteiger partial charge in [0.05, 0.1) is 0 Å². The second-order valence-corrected chi connectivity index (χ2v) is 1.42. The predicted octanol–water partition coefficient (Wildman–Crippen LogP) is -0.858. The van der Waals surface area contributed by atoms with Gasteiger partial charge in [0.1, 0.15) is 6.00 Å². The van der Waals surface area contributed by atoms with Crippen molar-refractivity contribution in [3.8, 4) is 12.3 Å². The monoisotopic (exact) mass is 110 g/mol. The van der Waals surface area contributed by atoms with Gasteiger partial charge >= 0.3 is 5.97 Å². The topological polar surface area (TPSA) is 26.3 Å². The van der Waals surface area contributed by atoms with Crippen LogP contribution >= 0.6 is 0 Å². The third-order valence-corrected chi connectivity index (χ3v) is 0.577. The third-order valence-electron chi connectivity index (χ3n) is 0.577. The fourth-order valence-corrected chi connectivity index (χ4v) is 0.283. The molecule has 0 fully saturated rings. The average molecular weight is 110 g/mol. The van der Waals surface area contributed by atoms with Crippen molar-refractivity contribution < 1.29 is 9.53 Å². The van der Waals surface area contributed by atoms with Crippen LogP contribution in [0.5, 0.6) is 0 Å². The summed E-state index contributed by atoms with van der Waals surface area (Å²) in [5.41, 5.74) is 0. The van der Waals surface area contributed by atoms with Crippen LogP contribution in [-0.4, -0.2) is 19.8 Å². The summed E-state index contributed by atoms with van der Waals surface area (Å²) in [6, 6.07) is -0.396. The summed E-state index contributed by atoms with van der Waals surface area (Å²) in [5, 5.41) is 0. The first-order chi connectivity index (χ1) is 3.66. The van der Waals surface area contributed by atoms with Crippen molar-refractivity contribution >= 4 is 13.8 Å². The predicted molar refractivity (Wildman–Crippen MR) is 32.9 cm³/mol. The lowest BCUT2D eigenvalue weighted by Crippen LogP contribution is -2.12. The highest BCUT2D eigenvalue weighted by atomic mass is 16.5. The molecule has 0 spiro atoms. The van der Waals surface area contributed by atoms with E-state index in [1.54, 1.807) is 7.85 Å². The van der Waals surface area contributed by atoms with Crippen molar-refractivity contribution in [2.75, 3.05) is 0 Å². The molecule has 0 aromatic heterocycles. The van der Waals surface area contributed by atoms with Gasteiger partial charge in [-0.1, -0.05) is 5.92 Å². The molecule has 1 unspecified atom stereocenters. The lowest BCUT2D eigenvalue weighted by Gasteiger charge is -2.01. The number of terminal acetylenes is 1. The van der Waals surface area contributed by atoms with Crippen LogP contribution in [0.4, 0.5) is 0 Å². The Hall–Kier alpha value is -0.905. The van der Waals surface area contributed by atoms with E-state index in [1.807, 2.05) is 0 Å². The zero-order valence-corrected chi connectivity index (χ0v) is 4.97. The summed E-state index contributed by atoms with van der Waals surface area (Å²) >= 11 is 0. The summed E-state index contributed by atoms with van der Waals surface area (Å²) in [7, 11) is 1.64. The molecule has 3 heteroatoms. The molecule has 0 bridgehead atoms. The molecule has 0 saturated heterocycles. The van der Waals surface area contributed by atoms with E-state index >= 15 is 0 Å². The fraction of sp³-hybridized carbons (Fsp3) is 0.400.